The number of hydrogen-bond acceptors (Lipinski definition) is 2. The fraction of sp³-hybridized carbons (Fsp3) is 0. The molecule has 106 valence electrons. The lowest BCUT2D eigenvalue weighted by Gasteiger charge is -2.07. The van der Waals surface area contributed by atoms with E-state index >= 15 is 0 Å². The van der Waals surface area contributed by atoms with E-state index in [0.717, 1.165) is 22.4 Å². The van der Waals surface area contributed by atoms with Gasteiger partial charge in [0.2, 0.25) is 0 Å². The Balaban J connectivity index is 2.21. The fourth-order valence-corrected chi connectivity index (χ4v) is 2.48. The van der Waals surface area contributed by atoms with E-state index in [0.29, 0.717) is 16.4 Å². The van der Waals surface area contributed by atoms with E-state index in [4.69, 9.17) is 17.3 Å². The van der Waals surface area contributed by atoms with Gasteiger partial charge in [-0.25, -0.2) is 4.98 Å². The second-order valence-electron chi connectivity index (χ2n) is 4.87. The standard InChI is InChI=1S/C18H12ClN3/c19-14-8-6-13(7-9-14)17-10-15(12-4-2-1-3-5-12)16(11-20)18(21)22-17/h1-10H,(H2,21,22)/p+1. The minimum absolute atomic E-state index is 0.355. The highest BCUT2D eigenvalue weighted by atomic mass is 35.5. The third-order valence-corrected chi connectivity index (χ3v) is 3.70. The Morgan fingerprint density at radius 1 is 0.955 bits per heavy atom. The summed E-state index contributed by atoms with van der Waals surface area (Å²) in [6.07, 6.45) is 0. The fourth-order valence-electron chi connectivity index (χ4n) is 2.36. The van der Waals surface area contributed by atoms with Crippen molar-refractivity contribution >= 4 is 17.4 Å². The number of pyridine rings is 1. The van der Waals surface area contributed by atoms with Crippen LogP contribution in [0.15, 0.2) is 60.7 Å². The Hall–Kier alpha value is -2.83. The Kier molecular flexibility index (Phi) is 3.78. The molecule has 1 aromatic heterocycles. The summed E-state index contributed by atoms with van der Waals surface area (Å²) in [6, 6.07) is 21.3. The lowest BCUT2D eigenvalue weighted by molar-refractivity contribution is -0.346. The molecule has 0 bridgehead atoms. The van der Waals surface area contributed by atoms with E-state index in [9.17, 15) is 5.26 Å². The molecular weight excluding hydrogens is 294 g/mol. The van der Waals surface area contributed by atoms with E-state index in [1.807, 2.05) is 60.7 Å². The third-order valence-electron chi connectivity index (χ3n) is 3.45. The Labute approximate surface area is 133 Å². The van der Waals surface area contributed by atoms with Crippen LogP contribution in [-0.4, -0.2) is 0 Å². The summed E-state index contributed by atoms with van der Waals surface area (Å²) < 4.78 is 0. The minimum Gasteiger partial charge on any atom is -0.286 e. The molecule has 0 atom stereocenters. The van der Waals surface area contributed by atoms with Crippen LogP contribution in [0.3, 0.4) is 0 Å². The van der Waals surface area contributed by atoms with Crippen LogP contribution in [0.1, 0.15) is 5.56 Å². The van der Waals surface area contributed by atoms with E-state index in [2.05, 4.69) is 11.1 Å². The zero-order valence-corrected chi connectivity index (χ0v) is 12.4. The van der Waals surface area contributed by atoms with E-state index in [1.54, 1.807) is 0 Å². The van der Waals surface area contributed by atoms with Crippen LogP contribution in [-0.2, 0) is 0 Å². The molecule has 3 aromatic rings. The van der Waals surface area contributed by atoms with Gasteiger partial charge in [-0.2, -0.15) is 5.26 Å². The average Bonchev–Trinajstić information content (AvgIpc) is 2.55. The van der Waals surface area contributed by atoms with Gasteiger partial charge < -0.3 is 0 Å². The summed E-state index contributed by atoms with van der Waals surface area (Å²) in [5.74, 6) is 0.355. The number of nitrogens with zero attached hydrogens (tertiary/aromatic N) is 1. The van der Waals surface area contributed by atoms with Crippen molar-refractivity contribution in [2.24, 2.45) is 0 Å². The smallest absolute Gasteiger partial charge is 0.286 e. The molecule has 0 amide bonds. The molecule has 2 aromatic carbocycles. The topological polar surface area (TPSA) is 64.0 Å². The number of nitriles is 1. The van der Waals surface area contributed by atoms with Crippen molar-refractivity contribution in [3.05, 3.63) is 71.2 Å². The Morgan fingerprint density at radius 3 is 2.27 bits per heavy atom. The molecule has 0 aliphatic rings. The molecule has 4 heteroatoms. The van der Waals surface area contributed by atoms with Crippen LogP contribution < -0.4 is 10.7 Å². The quantitative estimate of drug-likeness (QED) is 0.779. The monoisotopic (exact) mass is 306 g/mol. The first-order valence-corrected chi connectivity index (χ1v) is 7.14. The first kappa shape index (κ1) is 14.1. The predicted molar refractivity (Wildman–Crippen MR) is 88.0 cm³/mol. The summed E-state index contributed by atoms with van der Waals surface area (Å²) in [4.78, 5) is 3.08. The van der Waals surface area contributed by atoms with Crippen molar-refractivity contribution in [2.75, 3.05) is 5.73 Å². The van der Waals surface area contributed by atoms with Crippen LogP contribution in [0.5, 0.6) is 0 Å². The van der Waals surface area contributed by atoms with Crippen molar-refractivity contribution in [2.45, 2.75) is 0 Å². The molecule has 0 fully saturated rings. The zero-order chi connectivity index (χ0) is 15.5. The van der Waals surface area contributed by atoms with Crippen LogP contribution in [0.2, 0.25) is 5.02 Å². The highest BCUT2D eigenvalue weighted by molar-refractivity contribution is 6.30. The highest BCUT2D eigenvalue weighted by Crippen LogP contribution is 2.29. The lowest BCUT2D eigenvalue weighted by atomic mass is 9.98. The molecule has 3 nitrogen and oxygen atoms in total. The number of benzene rings is 2. The Bertz CT molecular complexity index is 850. The van der Waals surface area contributed by atoms with E-state index < -0.39 is 0 Å². The van der Waals surface area contributed by atoms with Gasteiger partial charge in [0.1, 0.15) is 17.3 Å². The number of nitrogen functional groups attached to an aromatic ring is 1. The lowest BCUT2D eigenvalue weighted by Crippen LogP contribution is -2.16. The van der Waals surface area contributed by atoms with Crippen LogP contribution in [0.4, 0.5) is 5.82 Å². The van der Waals surface area contributed by atoms with Crippen molar-refractivity contribution in [1.82, 2.24) is 0 Å². The van der Waals surface area contributed by atoms with Gasteiger partial charge in [0.25, 0.3) is 5.82 Å². The number of anilines is 1. The minimum atomic E-state index is 0.355. The molecule has 22 heavy (non-hydrogen) atoms. The van der Waals surface area contributed by atoms with Gasteiger partial charge in [-0.1, -0.05) is 41.9 Å². The zero-order valence-electron chi connectivity index (χ0n) is 11.7. The number of aromatic amines is 1. The predicted octanol–water partition coefficient (Wildman–Crippen LogP) is 3.94. The van der Waals surface area contributed by atoms with Crippen molar-refractivity contribution in [3.8, 4) is 28.5 Å². The maximum atomic E-state index is 9.39. The van der Waals surface area contributed by atoms with Crippen molar-refractivity contribution < 1.29 is 4.98 Å². The number of halogens is 1. The molecule has 3 N–H and O–H groups in total. The molecule has 0 saturated carbocycles. The van der Waals surface area contributed by atoms with Gasteiger partial charge in [0.15, 0.2) is 0 Å². The van der Waals surface area contributed by atoms with Gasteiger partial charge in [0.05, 0.1) is 0 Å². The molecule has 1 heterocycles. The van der Waals surface area contributed by atoms with Gasteiger partial charge in [0, 0.05) is 16.1 Å². The van der Waals surface area contributed by atoms with Gasteiger partial charge in [-0.05, 0) is 35.9 Å². The number of H-pyrrole nitrogens is 1. The first-order valence-electron chi connectivity index (χ1n) is 6.76. The maximum absolute atomic E-state index is 9.39. The second-order valence-corrected chi connectivity index (χ2v) is 5.31. The molecule has 3 rings (SSSR count). The summed E-state index contributed by atoms with van der Waals surface area (Å²) in [6.45, 7) is 0. The second kappa shape index (κ2) is 5.88. The average molecular weight is 307 g/mol. The molecular formula is C18H13ClN3+. The van der Waals surface area contributed by atoms with Crippen LogP contribution in [0, 0.1) is 11.3 Å². The summed E-state index contributed by atoms with van der Waals surface area (Å²) in [5, 5.41) is 10.1. The number of aromatic nitrogens is 1. The number of nitrogens with two attached hydrogens (primary N) is 1. The normalized spacial score (nSPS) is 10.2. The molecule has 0 aliphatic carbocycles. The molecule has 0 unspecified atom stereocenters. The summed E-state index contributed by atoms with van der Waals surface area (Å²) in [7, 11) is 0. The largest absolute Gasteiger partial charge is 0.289 e. The summed E-state index contributed by atoms with van der Waals surface area (Å²) >= 11 is 5.93. The van der Waals surface area contributed by atoms with E-state index in [1.165, 1.54) is 0 Å². The van der Waals surface area contributed by atoms with Crippen molar-refractivity contribution in [3.63, 3.8) is 0 Å². The Morgan fingerprint density at radius 2 is 1.64 bits per heavy atom. The maximum Gasteiger partial charge on any atom is 0.289 e. The molecule has 0 radical (unpaired) electrons. The number of rotatable bonds is 2. The molecule has 0 spiro atoms. The number of hydrogen-bond donors (Lipinski definition) is 1. The summed E-state index contributed by atoms with van der Waals surface area (Å²) in [5.41, 5.74) is 10.0. The highest BCUT2D eigenvalue weighted by Gasteiger charge is 2.16. The van der Waals surface area contributed by atoms with Crippen molar-refractivity contribution in [1.29, 1.82) is 5.26 Å². The van der Waals surface area contributed by atoms with Crippen LogP contribution >= 0.6 is 11.6 Å². The number of nitrogens with one attached hydrogen (secondary N) is 1. The first-order chi connectivity index (χ1) is 10.7. The van der Waals surface area contributed by atoms with Gasteiger partial charge >= 0.3 is 0 Å². The molecule has 0 aliphatic heterocycles. The van der Waals surface area contributed by atoms with Crippen LogP contribution in [0.25, 0.3) is 22.4 Å². The molecule has 0 saturated heterocycles. The SMILES string of the molecule is N#Cc1c(-c2ccccc2)cc(-c2ccc(Cl)cc2)[nH+]c1N. The third kappa shape index (κ3) is 2.65. The van der Waals surface area contributed by atoms with E-state index in [-0.39, 0.29) is 0 Å². The van der Waals surface area contributed by atoms with Gasteiger partial charge in [-0.3, -0.25) is 5.73 Å². The van der Waals surface area contributed by atoms with Gasteiger partial charge in [-0.15, -0.1) is 0 Å².